The zero-order valence-corrected chi connectivity index (χ0v) is 18.0. The Bertz CT molecular complexity index is 1100. The molecule has 0 spiro atoms. The van der Waals surface area contributed by atoms with Crippen LogP contribution in [0.5, 0.6) is 0 Å². The van der Waals surface area contributed by atoms with Crippen molar-refractivity contribution in [3.63, 3.8) is 0 Å². The number of hydrogen-bond acceptors (Lipinski definition) is 2. The fraction of sp³-hybridized carbons (Fsp3) is 0.375. The van der Waals surface area contributed by atoms with E-state index in [2.05, 4.69) is 5.10 Å². The van der Waals surface area contributed by atoms with Gasteiger partial charge in [0.05, 0.1) is 12.2 Å². The van der Waals surface area contributed by atoms with E-state index < -0.39 is 29.9 Å². The Labute approximate surface area is 183 Å². The van der Waals surface area contributed by atoms with Gasteiger partial charge in [-0.25, -0.2) is 17.9 Å². The van der Waals surface area contributed by atoms with Crippen LogP contribution in [0.1, 0.15) is 50.1 Å². The van der Waals surface area contributed by atoms with Crippen LogP contribution >= 0.6 is 0 Å². The van der Waals surface area contributed by atoms with Gasteiger partial charge in [-0.2, -0.15) is 13.9 Å². The minimum absolute atomic E-state index is 0.00500. The Morgan fingerprint density at radius 1 is 1.09 bits per heavy atom. The van der Waals surface area contributed by atoms with E-state index in [0.717, 1.165) is 5.56 Å². The second-order valence-corrected chi connectivity index (χ2v) is 8.88. The van der Waals surface area contributed by atoms with Crippen LogP contribution in [0, 0.1) is 11.6 Å². The first-order valence-electron chi connectivity index (χ1n) is 10.4. The molecule has 0 aliphatic carbocycles. The molecule has 0 saturated heterocycles. The third-order valence-corrected chi connectivity index (χ3v) is 5.82. The number of hydrogen-bond donors (Lipinski definition) is 0. The van der Waals surface area contributed by atoms with Gasteiger partial charge in [-0.05, 0) is 56.0 Å². The summed E-state index contributed by atoms with van der Waals surface area (Å²) in [6.07, 6.45) is 3.13. The van der Waals surface area contributed by atoms with E-state index in [1.807, 2.05) is 13.0 Å². The van der Waals surface area contributed by atoms with Gasteiger partial charge in [0, 0.05) is 29.9 Å². The summed E-state index contributed by atoms with van der Waals surface area (Å²) in [7, 11) is 0. The summed E-state index contributed by atoms with van der Waals surface area (Å²) in [5, 5.41) is 3.67. The minimum atomic E-state index is -2.74. The topological polar surface area (TPSA) is 21.1 Å². The Morgan fingerprint density at radius 3 is 2.38 bits per heavy atom. The average Bonchev–Trinajstić information content (AvgIpc) is 3.19. The molecule has 2 atom stereocenters. The molecule has 0 unspecified atom stereocenters. The molecule has 2 aromatic carbocycles. The molecule has 0 saturated carbocycles. The summed E-state index contributed by atoms with van der Waals surface area (Å²) in [5.41, 5.74) is 0.997. The van der Waals surface area contributed by atoms with Crippen LogP contribution in [0.15, 0.2) is 48.8 Å². The normalized spacial score (nSPS) is 19.4. The molecule has 0 amide bonds. The number of alkyl halides is 3. The molecule has 1 aliphatic heterocycles. The van der Waals surface area contributed by atoms with Crippen LogP contribution in [0.4, 0.5) is 22.0 Å². The Kier molecular flexibility index (Phi) is 5.83. The van der Waals surface area contributed by atoms with Crippen molar-refractivity contribution >= 4 is 0 Å². The van der Waals surface area contributed by atoms with Crippen molar-refractivity contribution in [2.45, 2.75) is 51.5 Å². The average molecular weight is 449 g/mol. The second kappa shape index (κ2) is 8.31. The van der Waals surface area contributed by atoms with E-state index in [1.165, 1.54) is 44.4 Å². The number of benzene rings is 2. The molecule has 0 bridgehead atoms. The van der Waals surface area contributed by atoms with E-state index in [1.54, 1.807) is 17.0 Å². The van der Waals surface area contributed by atoms with Gasteiger partial charge in [0.15, 0.2) is 0 Å². The summed E-state index contributed by atoms with van der Waals surface area (Å²) in [4.78, 5) is 1.79. The van der Waals surface area contributed by atoms with Crippen molar-refractivity contribution in [1.29, 1.82) is 0 Å². The third-order valence-electron chi connectivity index (χ3n) is 5.82. The quantitative estimate of drug-likeness (QED) is 0.426. The molecule has 0 N–H and O–H groups in total. The summed E-state index contributed by atoms with van der Waals surface area (Å²) in [6.45, 7) is 2.02. The fourth-order valence-electron chi connectivity index (χ4n) is 4.47. The number of halogens is 5. The fourth-order valence-corrected chi connectivity index (χ4v) is 4.47. The summed E-state index contributed by atoms with van der Waals surface area (Å²) in [5.74, 6) is -1.39. The van der Waals surface area contributed by atoms with Gasteiger partial charge in [0.1, 0.15) is 17.3 Å². The molecule has 32 heavy (non-hydrogen) atoms. The summed E-state index contributed by atoms with van der Waals surface area (Å²) < 4.78 is 70.7. The number of rotatable bonds is 5. The predicted molar refractivity (Wildman–Crippen MR) is 112 cm³/mol. The predicted octanol–water partition coefficient (Wildman–Crippen LogP) is 6.31. The van der Waals surface area contributed by atoms with Crippen LogP contribution in [-0.2, 0) is 6.42 Å². The second-order valence-electron chi connectivity index (χ2n) is 8.88. The molecule has 3 nitrogen and oxygen atoms in total. The highest BCUT2D eigenvalue weighted by Gasteiger charge is 2.39. The van der Waals surface area contributed by atoms with Gasteiger partial charge in [0.25, 0.3) is 0 Å². The lowest BCUT2D eigenvalue weighted by Gasteiger charge is -2.44. The zero-order chi connectivity index (χ0) is 23.2. The first-order chi connectivity index (χ1) is 15.0. The highest BCUT2D eigenvalue weighted by atomic mass is 19.3. The van der Waals surface area contributed by atoms with E-state index in [4.69, 9.17) is 0 Å². The van der Waals surface area contributed by atoms with Crippen LogP contribution in [0.2, 0.25) is 0 Å². The first-order valence-corrected chi connectivity index (χ1v) is 10.4. The Morgan fingerprint density at radius 2 is 1.78 bits per heavy atom. The maximum absolute atomic E-state index is 14.8. The molecule has 4 rings (SSSR count). The van der Waals surface area contributed by atoms with Gasteiger partial charge in [-0.1, -0.05) is 24.3 Å². The monoisotopic (exact) mass is 449 g/mol. The van der Waals surface area contributed by atoms with E-state index in [-0.39, 0.29) is 18.2 Å². The van der Waals surface area contributed by atoms with E-state index >= 15 is 0 Å². The van der Waals surface area contributed by atoms with Gasteiger partial charge in [-0.3, -0.25) is 4.90 Å². The first kappa shape index (κ1) is 22.5. The smallest absolute Gasteiger partial charge is 0.286 e. The third kappa shape index (κ3) is 4.28. The Hall–Kier alpha value is -2.74. The number of aromatic nitrogens is 2. The standard InChI is InChI=1S/C24H24F5N3/c1-14-9-16-10-15(17-11-30-32(12-17)23(27)28)7-8-18(16)22(31(14)13-24(2,3)29)21-19(25)5-4-6-20(21)26/h4-8,10-12,14,22-23H,9,13H2,1-3H3/t14-,22+/m0/s1. The van der Waals surface area contributed by atoms with Crippen LogP contribution < -0.4 is 0 Å². The highest BCUT2D eigenvalue weighted by Crippen LogP contribution is 2.42. The van der Waals surface area contributed by atoms with Crippen molar-refractivity contribution < 1.29 is 22.0 Å². The Balaban J connectivity index is 1.84. The lowest BCUT2D eigenvalue weighted by Crippen LogP contribution is -2.48. The van der Waals surface area contributed by atoms with Crippen LogP contribution in [0.25, 0.3) is 11.1 Å². The van der Waals surface area contributed by atoms with Gasteiger partial charge >= 0.3 is 6.55 Å². The SMILES string of the molecule is C[C@H]1Cc2cc(-c3cnn(C(F)F)c3)ccc2[C@H](c2c(F)cccc2F)N1CC(C)(C)F. The van der Waals surface area contributed by atoms with Gasteiger partial charge < -0.3 is 0 Å². The highest BCUT2D eigenvalue weighted by molar-refractivity contribution is 5.64. The summed E-state index contributed by atoms with van der Waals surface area (Å²) >= 11 is 0. The molecule has 3 aromatic rings. The largest absolute Gasteiger partial charge is 0.333 e. The molecule has 8 heteroatoms. The van der Waals surface area contributed by atoms with Gasteiger partial charge in [0.2, 0.25) is 0 Å². The lowest BCUT2D eigenvalue weighted by atomic mass is 9.82. The maximum atomic E-state index is 14.8. The summed E-state index contributed by atoms with van der Waals surface area (Å²) in [6, 6.07) is 7.96. The van der Waals surface area contributed by atoms with E-state index in [9.17, 15) is 22.0 Å². The molecule has 0 radical (unpaired) electrons. The van der Waals surface area contributed by atoms with Crippen LogP contribution in [-0.4, -0.2) is 32.9 Å². The van der Waals surface area contributed by atoms with Crippen LogP contribution in [0.3, 0.4) is 0 Å². The van der Waals surface area contributed by atoms with Crippen molar-refractivity contribution in [1.82, 2.24) is 14.7 Å². The molecule has 1 aromatic heterocycles. The molecular weight excluding hydrogens is 425 g/mol. The molecular formula is C24H24F5N3. The molecule has 1 aliphatic rings. The maximum Gasteiger partial charge on any atom is 0.333 e. The molecule has 170 valence electrons. The van der Waals surface area contributed by atoms with Crippen molar-refractivity contribution in [2.24, 2.45) is 0 Å². The van der Waals surface area contributed by atoms with Crippen molar-refractivity contribution in [3.05, 3.63) is 77.1 Å². The van der Waals surface area contributed by atoms with E-state index in [0.29, 0.717) is 27.8 Å². The number of nitrogens with zero attached hydrogens (tertiary/aromatic N) is 3. The zero-order valence-electron chi connectivity index (χ0n) is 18.0. The lowest BCUT2D eigenvalue weighted by molar-refractivity contribution is 0.0566. The van der Waals surface area contributed by atoms with Gasteiger partial charge in [-0.15, -0.1) is 0 Å². The molecule has 0 fully saturated rings. The minimum Gasteiger partial charge on any atom is -0.286 e. The number of fused-ring (bicyclic) bond motifs is 1. The molecule has 2 heterocycles. The van der Waals surface area contributed by atoms with Crippen molar-refractivity contribution in [2.75, 3.05) is 6.54 Å². The van der Waals surface area contributed by atoms with Crippen molar-refractivity contribution in [3.8, 4) is 11.1 Å².